The largest absolute Gasteiger partial charge is 0.328 e. The maximum Gasteiger partial charge on any atom is 0.259 e. The van der Waals surface area contributed by atoms with E-state index in [4.69, 9.17) is 5.73 Å². The molecule has 1 heterocycles. The van der Waals surface area contributed by atoms with Crippen LogP contribution in [0.1, 0.15) is 26.3 Å². The Hall–Kier alpha value is -1.40. The number of rotatable bonds is 3. The van der Waals surface area contributed by atoms with Crippen molar-refractivity contribution in [3.8, 4) is 0 Å². The highest BCUT2D eigenvalue weighted by Crippen LogP contribution is 2.44. The third-order valence-corrected chi connectivity index (χ3v) is 6.34. The van der Waals surface area contributed by atoms with Gasteiger partial charge in [0.2, 0.25) is 0 Å². The summed E-state index contributed by atoms with van der Waals surface area (Å²) in [6.07, 6.45) is 0. The van der Waals surface area contributed by atoms with Gasteiger partial charge in [-0.05, 0) is 26.3 Å². The molecule has 1 fully saturated rings. The second kappa shape index (κ2) is 4.05. The van der Waals surface area contributed by atoms with Gasteiger partial charge in [0, 0.05) is 6.54 Å². The summed E-state index contributed by atoms with van der Waals surface area (Å²) in [5.41, 5.74) is 5.44. The summed E-state index contributed by atoms with van der Waals surface area (Å²) in [5, 5.41) is 0. The fourth-order valence-electron chi connectivity index (χ4n) is 2.26. The Bertz CT molecular complexity index is 610. The summed E-state index contributed by atoms with van der Waals surface area (Å²) >= 11 is 0. The number of hydrogen-bond acceptors (Lipinski definition) is 4. The van der Waals surface area contributed by atoms with Crippen LogP contribution in [-0.4, -0.2) is 29.9 Å². The van der Waals surface area contributed by atoms with Crippen molar-refractivity contribution in [1.82, 2.24) is 4.31 Å². The van der Waals surface area contributed by atoms with Gasteiger partial charge in [-0.1, -0.05) is 30.3 Å². The summed E-state index contributed by atoms with van der Waals surface area (Å²) in [6, 6.07) is 8.98. The molecular weight excluding hydrogens is 264 g/mol. The van der Waals surface area contributed by atoms with Gasteiger partial charge in [-0.15, -0.1) is 0 Å². The molecule has 1 amide bonds. The zero-order valence-electron chi connectivity index (χ0n) is 11.3. The molecule has 0 aliphatic carbocycles. The molecule has 0 radical (unpaired) electrons. The Morgan fingerprint density at radius 3 is 2.21 bits per heavy atom. The summed E-state index contributed by atoms with van der Waals surface area (Å²) in [4.78, 5) is 12.2. The maximum absolute atomic E-state index is 12.3. The molecule has 1 aromatic rings. The third kappa shape index (κ3) is 1.63. The number of nitrogens with two attached hydrogens (primary N) is 1. The Morgan fingerprint density at radius 1 is 1.26 bits per heavy atom. The van der Waals surface area contributed by atoms with Gasteiger partial charge >= 0.3 is 0 Å². The molecule has 6 heteroatoms. The fraction of sp³-hybridized carbons (Fsp3) is 0.462. The minimum atomic E-state index is -3.66. The van der Waals surface area contributed by atoms with Crippen LogP contribution in [0.15, 0.2) is 30.3 Å². The van der Waals surface area contributed by atoms with Crippen LogP contribution in [0, 0.1) is 0 Å². The number of carbonyl (C=O) groups excluding carboxylic acids is 1. The van der Waals surface area contributed by atoms with Crippen molar-refractivity contribution in [2.24, 2.45) is 5.73 Å². The minimum absolute atomic E-state index is 0.0397. The number of nitrogens with zero attached hydrogens (tertiary/aromatic N) is 1. The topological polar surface area (TPSA) is 80.5 Å². The van der Waals surface area contributed by atoms with Crippen molar-refractivity contribution < 1.29 is 13.2 Å². The van der Waals surface area contributed by atoms with Gasteiger partial charge in [-0.2, -0.15) is 0 Å². The highest BCUT2D eigenvalue weighted by atomic mass is 32.2. The van der Waals surface area contributed by atoms with Gasteiger partial charge < -0.3 is 5.73 Å². The highest BCUT2D eigenvalue weighted by molar-refractivity contribution is 7.94. The van der Waals surface area contributed by atoms with E-state index in [9.17, 15) is 13.2 Å². The van der Waals surface area contributed by atoms with Crippen molar-refractivity contribution in [2.45, 2.75) is 31.1 Å². The first-order chi connectivity index (χ1) is 8.69. The zero-order valence-corrected chi connectivity index (χ0v) is 12.1. The van der Waals surface area contributed by atoms with Gasteiger partial charge in [0.05, 0.1) is 5.54 Å². The summed E-state index contributed by atoms with van der Waals surface area (Å²) in [7, 11) is -3.66. The smallest absolute Gasteiger partial charge is 0.259 e. The van der Waals surface area contributed by atoms with Crippen molar-refractivity contribution in [2.75, 3.05) is 6.54 Å². The van der Waals surface area contributed by atoms with Gasteiger partial charge in [-0.25, -0.2) is 12.7 Å². The van der Waals surface area contributed by atoms with E-state index >= 15 is 0 Å². The lowest BCUT2D eigenvalue weighted by Crippen LogP contribution is -2.73. The van der Waals surface area contributed by atoms with Crippen molar-refractivity contribution >= 4 is 15.9 Å². The first-order valence-electron chi connectivity index (χ1n) is 6.04. The summed E-state index contributed by atoms with van der Waals surface area (Å²) in [5.74, 6) is -0.413. The SMILES string of the molecule is CC(CN)(c1ccccc1)N1C(=O)C(C)(C)S1(=O)=O. The first kappa shape index (κ1) is 14.0. The third-order valence-electron chi connectivity index (χ3n) is 3.83. The van der Waals surface area contributed by atoms with Crippen LogP contribution in [0.4, 0.5) is 0 Å². The molecule has 0 bridgehead atoms. The van der Waals surface area contributed by atoms with E-state index in [2.05, 4.69) is 0 Å². The predicted molar refractivity (Wildman–Crippen MR) is 72.7 cm³/mol. The van der Waals surface area contributed by atoms with Gasteiger partial charge in [0.25, 0.3) is 15.9 Å². The van der Waals surface area contributed by atoms with Crippen LogP contribution >= 0.6 is 0 Å². The number of benzene rings is 1. The Kier molecular flexibility index (Phi) is 2.98. The molecule has 1 unspecified atom stereocenters. The van der Waals surface area contributed by atoms with Crippen LogP contribution < -0.4 is 5.73 Å². The molecule has 5 nitrogen and oxygen atoms in total. The molecule has 104 valence electrons. The molecule has 19 heavy (non-hydrogen) atoms. The normalized spacial score (nSPS) is 23.6. The van der Waals surface area contributed by atoms with E-state index in [1.165, 1.54) is 13.8 Å². The Labute approximate surface area is 113 Å². The molecule has 0 spiro atoms. The second-order valence-corrected chi connectivity index (χ2v) is 7.76. The second-order valence-electron chi connectivity index (χ2n) is 5.43. The number of sulfonamides is 1. The monoisotopic (exact) mass is 282 g/mol. The van der Waals surface area contributed by atoms with E-state index in [1.54, 1.807) is 31.2 Å². The van der Waals surface area contributed by atoms with Crippen LogP contribution in [0.2, 0.25) is 0 Å². The number of amides is 1. The number of carbonyl (C=O) groups is 1. The fourth-order valence-corrected chi connectivity index (χ4v) is 4.05. The molecule has 1 aromatic carbocycles. The summed E-state index contributed by atoms with van der Waals surface area (Å²) in [6.45, 7) is 4.55. The molecule has 1 aliphatic rings. The van der Waals surface area contributed by atoms with Crippen LogP contribution in [0.5, 0.6) is 0 Å². The lowest BCUT2D eigenvalue weighted by Gasteiger charge is -2.52. The van der Waals surface area contributed by atoms with E-state index < -0.39 is 26.2 Å². The molecule has 1 atom stereocenters. The van der Waals surface area contributed by atoms with E-state index in [1.807, 2.05) is 6.07 Å². The van der Waals surface area contributed by atoms with Crippen LogP contribution in [0.25, 0.3) is 0 Å². The average Bonchev–Trinajstić information content (AvgIpc) is 2.39. The van der Waals surface area contributed by atoms with Gasteiger partial charge in [0.15, 0.2) is 4.75 Å². The molecular formula is C13H18N2O3S. The predicted octanol–water partition coefficient (Wildman–Crippen LogP) is 0.811. The van der Waals surface area contributed by atoms with Crippen molar-refractivity contribution in [1.29, 1.82) is 0 Å². The average molecular weight is 282 g/mol. The van der Waals surface area contributed by atoms with Crippen molar-refractivity contribution in [3.05, 3.63) is 35.9 Å². The zero-order chi connectivity index (χ0) is 14.5. The van der Waals surface area contributed by atoms with E-state index in [0.717, 1.165) is 4.31 Å². The summed E-state index contributed by atoms with van der Waals surface area (Å²) < 4.78 is 24.2. The van der Waals surface area contributed by atoms with E-state index in [0.29, 0.717) is 5.56 Å². The highest BCUT2D eigenvalue weighted by Gasteiger charge is 2.65. The molecule has 1 aliphatic heterocycles. The maximum atomic E-state index is 12.3. The first-order valence-corrected chi connectivity index (χ1v) is 7.48. The molecule has 0 saturated carbocycles. The minimum Gasteiger partial charge on any atom is -0.328 e. The van der Waals surface area contributed by atoms with Crippen molar-refractivity contribution in [3.63, 3.8) is 0 Å². The Balaban J connectivity index is 2.54. The van der Waals surface area contributed by atoms with Gasteiger partial charge in [0.1, 0.15) is 0 Å². The Morgan fingerprint density at radius 2 is 1.79 bits per heavy atom. The lowest BCUT2D eigenvalue weighted by atomic mass is 9.91. The van der Waals surface area contributed by atoms with Crippen LogP contribution in [0.3, 0.4) is 0 Å². The standard InChI is InChI=1S/C13H18N2O3S/c1-12(2)11(16)15(19(12,17)18)13(3,9-14)10-7-5-4-6-8-10/h4-8H,9,14H2,1-3H3. The number of hydrogen-bond donors (Lipinski definition) is 1. The molecule has 0 aromatic heterocycles. The van der Waals surface area contributed by atoms with Gasteiger partial charge in [-0.3, -0.25) is 4.79 Å². The molecule has 2 rings (SSSR count). The molecule has 1 saturated heterocycles. The lowest BCUT2D eigenvalue weighted by molar-refractivity contribution is -0.136. The molecule has 2 N–H and O–H groups in total. The quantitative estimate of drug-likeness (QED) is 0.889. The van der Waals surface area contributed by atoms with Crippen LogP contribution in [-0.2, 0) is 20.4 Å². The van der Waals surface area contributed by atoms with E-state index in [-0.39, 0.29) is 6.54 Å².